The molecule has 0 unspecified atom stereocenters. The number of benzene rings is 2. The second-order valence-electron chi connectivity index (χ2n) is 7.80. The Morgan fingerprint density at radius 3 is 2.19 bits per heavy atom. The molecule has 1 fully saturated rings. The van der Waals surface area contributed by atoms with Gasteiger partial charge in [-0.3, -0.25) is 9.59 Å². The van der Waals surface area contributed by atoms with Crippen molar-refractivity contribution in [2.45, 2.75) is 13.3 Å². The molecule has 0 bridgehead atoms. The number of hydrogen-bond donors (Lipinski definition) is 1. The van der Waals surface area contributed by atoms with E-state index >= 15 is 0 Å². The van der Waals surface area contributed by atoms with E-state index in [1.807, 2.05) is 6.92 Å². The number of nitrogens with zero attached hydrogens (tertiary/aromatic N) is 3. The van der Waals surface area contributed by atoms with Crippen molar-refractivity contribution < 1.29 is 18.8 Å². The lowest BCUT2D eigenvalue weighted by Crippen LogP contribution is -2.39. The predicted octanol–water partition coefficient (Wildman–Crippen LogP) is 3.22. The first-order chi connectivity index (χ1) is 14.8. The zero-order chi connectivity index (χ0) is 22.5. The van der Waals surface area contributed by atoms with Crippen molar-refractivity contribution in [2.24, 2.45) is 0 Å². The third kappa shape index (κ3) is 5.39. The number of carbonyl (C=O) groups excluding carboxylic acids is 3. The highest BCUT2D eigenvalue weighted by molar-refractivity contribution is 5.97. The summed E-state index contributed by atoms with van der Waals surface area (Å²) in [5, 5.41) is 2.90. The minimum atomic E-state index is -0.387. The van der Waals surface area contributed by atoms with E-state index in [2.05, 4.69) is 5.32 Å². The molecule has 3 rings (SSSR count). The first-order valence-corrected chi connectivity index (χ1v) is 10.2. The molecule has 1 aliphatic rings. The van der Waals surface area contributed by atoms with Gasteiger partial charge >= 0.3 is 6.03 Å². The third-order valence-corrected chi connectivity index (χ3v) is 5.29. The van der Waals surface area contributed by atoms with Gasteiger partial charge in [0.1, 0.15) is 5.82 Å². The Morgan fingerprint density at radius 1 is 0.903 bits per heavy atom. The maximum Gasteiger partial charge on any atom is 0.321 e. The molecule has 1 heterocycles. The highest BCUT2D eigenvalue weighted by atomic mass is 19.1. The van der Waals surface area contributed by atoms with Crippen LogP contribution in [-0.4, -0.2) is 72.8 Å². The van der Waals surface area contributed by atoms with E-state index in [4.69, 9.17) is 0 Å². The number of carbonyl (C=O) groups is 3. The molecule has 1 N–H and O–H groups in total. The van der Waals surface area contributed by atoms with Crippen molar-refractivity contribution in [3.63, 3.8) is 0 Å². The van der Waals surface area contributed by atoms with Crippen LogP contribution in [0.25, 0.3) is 0 Å². The zero-order valence-corrected chi connectivity index (χ0v) is 18.0. The van der Waals surface area contributed by atoms with Crippen LogP contribution in [0.4, 0.5) is 14.9 Å². The van der Waals surface area contributed by atoms with E-state index in [1.165, 1.54) is 29.2 Å². The van der Waals surface area contributed by atoms with Crippen LogP contribution in [0.3, 0.4) is 0 Å². The molecule has 4 amide bonds. The molecular weight excluding hydrogens is 399 g/mol. The van der Waals surface area contributed by atoms with Gasteiger partial charge in [0.25, 0.3) is 11.8 Å². The highest BCUT2D eigenvalue weighted by Crippen LogP contribution is 2.19. The van der Waals surface area contributed by atoms with Gasteiger partial charge in [0.05, 0.1) is 0 Å². The van der Waals surface area contributed by atoms with E-state index in [0.717, 1.165) is 5.56 Å². The number of nitrogens with one attached hydrogen (secondary N) is 1. The standard InChI is InChI=1S/C23H27FN4O3/c1-16-5-6-18(21(29)26(2)3)15-20(16)25-23(31)28-12-4-11-27(13-14-28)22(30)17-7-9-19(24)10-8-17/h5-10,15H,4,11-14H2,1-3H3,(H,25,31). The number of urea groups is 1. The van der Waals surface area contributed by atoms with Gasteiger partial charge in [-0.25, -0.2) is 9.18 Å². The summed E-state index contributed by atoms with van der Waals surface area (Å²) >= 11 is 0. The number of amides is 4. The van der Waals surface area contributed by atoms with Crippen molar-refractivity contribution in [1.29, 1.82) is 0 Å². The summed E-state index contributed by atoms with van der Waals surface area (Å²) in [6.07, 6.45) is 0.637. The first-order valence-electron chi connectivity index (χ1n) is 10.2. The van der Waals surface area contributed by atoms with Crippen LogP contribution in [-0.2, 0) is 0 Å². The van der Waals surface area contributed by atoms with Crippen molar-refractivity contribution in [3.8, 4) is 0 Å². The van der Waals surface area contributed by atoms with Gasteiger partial charge in [0.15, 0.2) is 0 Å². The van der Waals surface area contributed by atoms with E-state index in [1.54, 1.807) is 42.1 Å². The van der Waals surface area contributed by atoms with Crippen molar-refractivity contribution >= 4 is 23.5 Å². The molecule has 8 heteroatoms. The van der Waals surface area contributed by atoms with Crippen LogP contribution < -0.4 is 5.32 Å². The molecule has 7 nitrogen and oxygen atoms in total. The van der Waals surface area contributed by atoms with Crippen molar-refractivity contribution in [1.82, 2.24) is 14.7 Å². The molecule has 2 aromatic rings. The molecule has 0 aromatic heterocycles. The molecule has 2 aromatic carbocycles. The maximum atomic E-state index is 13.1. The molecule has 0 saturated carbocycles. The topological polar surface area (TPSA) is 73.0 Å². The first kappa shape index (κ1) is 22.3. The summed E-state index contributed by atoms with van der Waals surface area (Å²) in [4.78, 5) is 42.6. The van der Waals surface area contributed by atoms with Crippen molar-refractivity contribution in [3.05, 3.63) is 65.0 Å². The fraction of sp³-hybridized carbons (Fsp3) is 0.348. The quantitative estimate of drug-likeness (QED) is 0.819. The van der Waals surface area contributed by atoms with Gasteiger partial charge in [-0.1, -0.05) is 6.07 Å². The van der Waals surface area contributed by atoms with Gasteiger partial charge in [-0.2, -0.15) is 0 Å². The fourth-order valence-corrected chi connectivity index (χ4v) is 3.44. The van der Waals surface area contributed by atoms with Gasteiger partial charge in [0, 0.05) is 57.1 Å². The number of rotatable bonds is 3. The molecule has 1 saturated heterocycles. The lowest BCUT2D eigenvalue weighted by molar-refractivity contribution is 0.0762. The summed E-state index contributed by atoms with van der Waals surface area (Å²) in [6, 6.07) is 10.4. The molecule has 164 valence electrons. The van der Waals surface area contributed by atoms with E-state index in [0.29, 0.717) is 49.4 Å². The van der Waals surface area contributed by atoms with Crippen LogP contribution in [0.1, 0.15) is 32.7 Å². The SMILES string of the molecule is Cc1ccc(C(=O)N(C)C)cc1NC(=O)N1CCCN(C(=O)c2ccc(F)cc2)CC1. The summed E-state index contributed by atoms with van der Waals surface area (Å²) < 4.78 is 13.1. The monoisotopic (exact) mass is 426 g/mol. The number of anilines is 1. The molecule has 31 heavy (non-hydrogen) atoms. The summed E-state index contributed by atoms with van der Waals surface area (Å²) in [5.74, 6) is -0.699. The molecule has 1 aliphatic heterocycles. The predicted molar refractivity (Wildman–Crippen MR) is 117 cm³/mol. The summed E-state index contributed by atoms with van der Waals surface area (Å²) in [7, 11) is 3.35. The molecule has 0 atom stereocenters. The van der Waals surface area contributed by atoms with Gasteiger partial charge in [-0.15, -0.1) is 0 Å². The Bertz CT molecular complexity index is 975. The van der Waals surface area contributed by atoms with Gasteiger partial charge in [0.2, 0.25) is 0 Å². The number of halogens is 1. The second kappa shape index (κ2) is 9.59. The largest absolute Gasteiger partial charge is 0.345 e. The Morgan fingerprint density at radius 2 is 1.52 bits per heavy atom. The van der Waals surface area contributed by atoms with Gasteiger partial charge in [-0.05, 0) is 55.3 Å². The molecule has 0 spiro atoms. The van der Waals surface area contributed by atoms with Gasteiger partial charge < -0.3 is 20.0 Å². The van der Waals surface area contributed by atoms with E-state index in [9.17, 15) is 18.8 Å². The minimum Gasteiger partial charge on any atom is -0.345 e. The van der Waals surface area contributed by atoms with Crippen LogP contribution in [0, 0.1) is 12.7 Å². The zero-order valence-electron chi connectivity index (χ0n) is 18.0. The normalized spacial score (nSPS) is 14.1. The van der Waals surface area contributed by atoms with Crippen LogP contribution >= 0.6 is 0 Å². The minimum absolute atomic E-state index is 0.139. The summed E-state index contributed by atoms with van der Waals surface area (Å²) in [6.45, 7) is 3.67. The average Bonchev–Trinajstić information content (AvgIpc) is 3.01. The molecular formula is C23H27FN4O3. The Balaban J connectivity index is 1.64. The Labute approximate surface area is 181 Å². The van der Waals surface area contributed by atoms with E-state index < -0.39 is 0 Å². The maximum absolute atomic E-state index is 13.1. The smallest absolute Gasteiger partial charge is 0.321 e. The number of aryl methyl sites for hydroxylation is 1. The third-order valence-electron chi connectivity index (χ3n) is 5.29. The molecule has 0 radical (unpaired) electrons. The second-order valence-corrected chi connectivity index (χ2v) is 7.80. The van der Waals surface area contributed by atoms with Crippen LogP contribution in [0.15, 0.2) is 42.5 Å². The average molecular weight is 426 g/mol. The summed E-state index contributed by atoms with van der Waals surface area (Å²) in [5.41, 5.74) is 2.36. The highest BCUT2D eigenvalue weighted by Gasteiger charge is 2.23. The molecule has 0 aliphatic carbocycles. The fourth-order valence-electron chi connectivity index (χ4n) is 3.44. The number of hydrogen-bond acceptors (Lipinski definition) is 3. The Hall–Kier alpha value is -3.42. The van der Waals surface area contributed by atoms with Crippen molar-refractivity contribution in [2.75, 3.05) is 45.6 Å². The lowest BCUT2D eigenvalue weighted by atomic mass is 10.1. The lowest BCUT2D eigenvalue weighted by Gasteiger charge is -2.23. The Kier molecular flexibility index (Phi) is 6.89. The van der Waals surface area contributed by atoms with Crippen LogP contribution in [0.5, 0.6) is 0 Å². The van der Waals surface area contributed by atoms with Crippen LogP contribution in [0.2, 0.25) is 0 Å². The van der Waals surface area contributed by atoms with E-state index in [-0.39, 0.29) is 23.7 Å².